The molecule has 1 fully saturated rings. The fraction of sp³-hybridized carbons (Fsp3) is 0.588. The molecule has 0 aliphatic carbocycles. The zero-order valence-corrected chi connectivity index (χ0v) is 15.8. The van der Waals surface area contributed by atoms with Crippen molar-refractivity contribution >= 4 is 27.5 Å². The quantitative estimate of drug-likeness (QED) is 0.762. The van der Waals surface area contributed by atoms with Crippen LogP contribution >= 0.6 is 11.8 Å². The van der Waals surface area contributed by atoms with Gasteiger partial charge in [0.1, 0.15) is 0 Å². The Bertz CT molecular complexity index is 685. The molecule has 1 aromatic carbocycles. The van der Waals surface area contributed by atoms with E-state index in [1.807, 2.05) is 26.8 Å². The van der Waals surface area contributed by atoms with Crippen LogP contribution in [0.4, 0.5) is 0 Å². The highest BCUT2D eigenvalue weighted by molar-refractivity contribution is 8.00. The van der Waals surface area contributed by atoms with Crippen LogP contribution in [0.5, 0.6) is 0 Å². The largest absolute Gasteiger partial charge is 0.338 e. The molecule has 0 N–H and O–H groups in total. The summed E-state index contributed by atoms with van der Waals surface area (Å²) in [6.45, 7) is 8.47. The summed E-state index contributed by atoms with van der Waals surface area (Å²) in [5.74, 6) is 0.327. The minimum absolute atomic E-state index is 0.0274. The van der Waals surface area contributed by atoms with Gasteiger partial charge >= 0.3 is 0 Å². The number of thioether (sulfide) groups is 1. The van der Waals surface area contributed by atoms with E-state index in [4.69, 9.17) is 0 Å². The van der Waals surface area contributed by atoms with Crippen molar-refractivity contribution in [3.05, 3.63) is 29.3 Å². The van der Waals surface area contributed by atoms with Gasteiger partial charge in [0.2, 0.25) is 5.91 Å². The van der Waals surface area contributed by atoms with Crippen molar-refractivity contribution in [3.63, 3.8) is 0 Å². The SMILES string of the molecule is CCN(C(=O)C(C)Sc1ccc(C)cc1C)C1CCS(=O)(=O)C1. The maximum Gasteiger partial charge on any atom is 0.236 e. The maximum atomic E-state index is 12.8. The predicted molar refractivity (Wildman–Crippen MR) is 95.7 cm³/mol. The topological polar surface area (TPSA) is 54.5 Å². The Morgan fingerprint density at radius 3 is 2.61 bits per heavy atom. The standard InChI is InChI=1S/C17H25NO3S2/c1-5-18(15-8-9-23(20,21)11-15)17(19)14(4)22-16-7-6-12(2)10-13(16)3/h6-7,10,14-15H,5,8-9,11H2,1-4H3. The van der Waals surface area contributed by atoms with Gasteiger partial charge in [-0.3, -0.25) is 4.79 Å². The fourth-order valence-electron chi connectivity index (χ4n) is 3.02. The van der Waals surface area contributed by atoms with Gasteiger partial charge in [-0.2, -0.15) is 0 Å². The van der Waals surface area contributed by atoms with Gasteiger partial charge in [0.05, 0.1) is 16.8 Å². The number of carbonyl (C=O) groups is 1. The first-order valence-corrected chi connectivity index (χ1v) is 10.7. The van der Waals surface area contributed by atoms with E-state index in [1.54, 1.807) is 16.7 Å². The lowest BCUT2D eigenvalue weighted by Crippen LogP contribution is -2.44. The number of hydrogen-bond donors (Lipinski definition) is 0. The molecule has 6 heteroatoms. The van der Waals surface area contributed by atoms with Gasteiger partial charge in [0.15, 0.2) is 9.84 Å². The zero-order chi connectivity index (χ0) is 17.2. The second-order valence-electron chi connectivity index (χ2n) is 6.21. The molecule has 1 aliphatic rings. The highest BCUT2D eigenvalue weighted by Gasteiger charge is 2.35. The Morgan fingerprint density at radius 2 is 2.09 bits per heavy atom. The minimum Gasteiger partial charge on any atom is -0.338 e. The van der Waals surface area contributed by atoms with Crippen molar-refractivity contribution in [2.45, 2.75) is 50.3 Å². The zero-order valence-electron chi connectivity index (χ0n) is 14.2. The summed E-state index contributed by atoms with van der Waals surface area (Å²) >= 11 is 1.55. The molecule has 0 bridgehead atoms. The fourth-order valence-corrected chi connectivity index (χ4v) is 5.76. The Labute approximate surface area is 143 Å². The Hall–Kier alpha value is -1.01. The first-order valence-electron chi connectivity index (χ1n) is 7.98. The van der Waals surface area contributed by atoms with Crippen LogP contribution in [0.15, 0.2) is 23.1 Å². The monoisotopic (exact) mass is 355 g/mol. The van der Waals surface area contributed by atoms with Crippen LogP contribution in [-0.4, -0.2) is 48.6 Å². The Kier molecular flexibility index (Phi) is 5.79. The molecule has 2 atom stereocenters. The third-order valence-electron chi connectivity index (χ3n) is 4.25. The van der Waals surface area contributed by atoms with E-state index < -0.39 is 9.84 Å². The molecule has 0 saturated carbocycles. The van der Waals surface area contributed by atoms with E-state index >= 15 is 0 Å². The third-order valence-corrected chi connectivity index (χ3v) is 7.27. The number of hydrogen-bond acceptors (Lipinski definition) is 4. The summed E-state index contributed by atoms with van der Waals surface area (Å²) in [5.41, 5.74) is 2.37. The van der Waals surface area contributed by atoms with Crippen molar-refractivity contribution in [2.24, 2.45) is 0 Å². The molecule has 1 heterocycles. The number of carbonyl (C=O) groups excluding carboxylic acids is 1. The van der Waals surface area contributed by atoms with Crippen LogP contribution in [0, 0.1) is 13.8 Å². The molecule has 128 valence electrons. The van der Waals surface area contributed by atoms with Crippen LogP contribution in [0.2, 0.25) is 0 Å². The summed E-state index contributed by atoms with van der Waals surface area (Å²) in [4.78, 5) is 15.6. The van der Waals surface area contributed by atoms with E-state index in [9.17, 15) is 13.2 Å². The number of nitrogens with zero attached hydrogens (tertiary/aromatic N) is 1. The van der Waals surface area contributed by atoms with Gasteiger partial charge in [0.25, 0.3) is 0 Å². The minimum atomic E-state index is -2.98. The first-order chi connectivity index (χ1) is 10.7. The van der Waals surface area contributed by atoms with Gasteiger partial charge < -0.3 is 4.90 Å². The smallest absolute Gasteiger partial charge is 0.236 e. The molecule has 0 aromatic heterocycles. The number of rotatable bonds is 5. The van der Waals surface area contributed by atoms with Crippen LogP contribution in [-0.2, 0) is 14.6 Å². The number of aryl methyl sites for hydroxylation is 2. The molecular formula is C17H25NO3S2. The van der Waals surface area contributed by atoms with E-state index in [-0.39, 0.29) is 28.7 Å². The summed E-state index contributed by atoms with van der Waals surface area (Å²) in [5, 5.41) is -0.223. The van der Waals surface area contributed by atoms with Crippen molar-refractivity contribution in [1.29, 1.82) is 0 Å². The molecule has 23 heavy (non-hydrogen) atoms. The lowest BCUT2D eigenvalue weighted by atomic mass is 10.2. The van der Waals surface area contributed by atoms with Gasteiger partial charge in [-0.25, -0.2) is 8.42 Å². The predicted octanol–water partition coefficient (Wildman–Crippen LogP) is 2.82. The van der Waals surface area contributed by atoms with E-state index in [0.29, 0.717) is 13.0 Å². The molecule has 4 nitrogen and oxygen atoms in total. The molecule has 0 radical (unpaired) electrons. The number of amides is 1. The molecule has 2 rings (SSSR count). The second-order valence-corrected chi connectivity index (χ2v) is 9.82. The van der Waals surface area contributed by atoms with Crippen molar-refractivity contribution in [2.75, 3.05) is 18.1 Å². The average molecular weight is 356 g/mol. The Morgan fingerprint density at radius 1 is 1.39 bits per heavy atom. The maximum absolute atomic E-state index is 12.8. The van der Waals surface area contributed by atoms with Gasteiger partial charge in [-0.05, 0) is 45.7 Å². The van der Waals surface area contributed by atoms with E-state index in [0.717, 1.165) is 4.90 Å². The third kappa shape index (κ3) is 4.51. The molecule has 2 unspecified atom stereocenters. The van der Waals surface area contributed by atoms with Crippen LogP contribution in [0.1, 0.15) is 31.4 Å². The lowest BCUT2D eigenvalue weighted by molar-refractivity contribution is -0.131. The Balaban J connectivity index is 2.08. The van der Waals surface area contributed by atoms with E-state index in [1.165, 1.54) is 11.1 Å². The highest BCUT2D eigenvalue weighted by Crippen LogP contribution is 2.29. The number of benzene rings is 1. The van der Waals surface area contributed by atoms with Crippen molar-refractivity contribution in [3.8, 4) is 0 Å². The van der Waals surface area contributed by atoms with Crippen LogP contribution in [0.25, 0.3) is 0 Å². The van der Waals surface area contributed by atoms with Crippen LogP contribution < -0.4 is 0 Å². The molecule has 1 saturated heterocycles. The molecular weight excluding hydrogens is 330 g/mol. The summed E-state index contributed by atoms with van der Waals surface area (Å²) in [7, 11) is -2.98. The molecule has 1 aromatic rings. The summed E-state index contributed by atoms with van der Waals surface area (Å²) < 4.78 is 23.4. The number of sulfone groups is 1. The van der Waals surface area contributed by atoms with E-state index in [2.05, 4.69) is 19.1 Å². The lowest BCUT2D eigenvalue weighted by Gasteiger charge is -2.29. The molecule has 1 aliphatic heterocycles. The summed E-state index contributed by atoms with van der Waals surface area (Å²) in [6.07, 6.45) is 0.558. The van der Waals surface area contributed by atoms with Gasteiger partial charge in [0, 0.05) is 17.5 Å². The summed E-state index contributed by atoms with van der Waals surface area (Å²) in [6, 6.07) is 6.05. The molecule has 1 amide bonds. The van der Waals surface area contributed by atoms with Gasteiger partial charge in [-0.1, -0.05) is 17.7 Å². The van der Waals surface area contributed by atoms with Gasteiger partial charge in [-0.15, -0.1) is 11.8 Å². The highest BCUT2D eigenvalue weighted by atomic mass is 32.2. The second kappa shape index (κ2) is 7.26. The molecule has 0 spiro atoms. The van der Waals surface area contributed by atoms with Crippen molar-refractivity contribution in [1.82, 2.24) is 4.90 Å². The first kappa shape index (κ1) is 18.3. The average Bonchev–Trinajstić information content (AvgIpc) is 2.82. The van der Waals surface area contributed by atoms with Crippen molar-refractivity contribution < 1.29 is 13.2 Å². The normalized spacial score (nSPS) is 21.1. The van der Waals surface area contributed by atoms with Crippen LogP contribution in [0.3, 0.4) is 0 Å².